The van der Waals surface area contributed by atoms with Gasteiger partial charge in [-0.05, 0) is 24.3 Å². The van der Waals surface area contributed by atoms with Crippen LogP contribution in [-0.2, 0) is 6.61 Å². The first-order valence-electron chi connectivity index (χ1n) is 6.27. The van der Waals surface area contributed by atoms with Gasteiger partial charge in [-0.3, -0.25) is 0 Å². The molecule has 2 aromatic carbocycles. The number of carboxylic acid groups (broad SMARTS) is 1. The summed E-state index contributed by atoms with van der Waals surface area (Å²) in [4.78, 5) is 11.1. The fourth-order valence-electron chi connectivity index (χ4n) is 2.07. The highest BCUT2D eigenvalue weighted by atomic mass is 35.5. The van der Waals surface area contributed by atoms with E-state index in [1.807, 2.05) is 12.1 Å². The summed E-state index contributed by atoms with van der Waals surface area (Å²) in [6, 6.07) is 13.9. The lowest BCUT2D eigenvalue weighted by Gasteiger charge is -2.05. The lowest BCUT2D eigenvalue weighted by molar-refractivity contribution is 0.0697. The second-order valence-electron chi connectivity index (χ2n) is 4.46. The topological polar surface area (TPSA) is 59.7 Å². The van der Waals surface area contributed by atoms with Crippen molar-refractivity contribution in [2.75, 3.05) is 0 Å². The summed E-state index contributed by atoms with van der Waals surface area (Å²) in [5.41, 5.74) is 0.485. The van der Waals surface area contributed by atoms with Crippen molar-refractivity contribution in [1.82, 2.24) is 0 Å². The minimum Gasteiger partial charge on any atom is -0.484 e. The molecule has 21 heavy (non-hydrogen) atoms. The molecule has 0 unspecified atom stereocenters. The zero-order chi connectivity index (χ0) is 14.8. The van der Waals surface area contributed by atoms with Gasteiger partial charge in [-0.1, -0.05) is 35.9 Å². The van der Waals surface area contributed by atoms with Crippen molar-refractivity contribution in [3.63, 3.8) is 0 Å². The molecule has 0 bridgehead atoms. The Labute approximate surface area is 125 Å². The van der Waals surface area contributed by atoms with Gasteiger partial charge in [0.2, 0.25) is 0 Å². The molecule has 1 heterocycles. The first-order valence-corrected chi connectivity index (χ1v) is 6.65. The molecule has 0 aliphatic rings. The van der Waals surface area contributed by atoms with Gasteiger partial charge in [0.25, 0.3) is 0 Å². The van der Waals surface area contributed by atoms with Crippen molar-refractivity contribution in [3.8, 4) is 5.75 Å². The third-order valence-corrected chi connectivity index (χ3v) is 3.34. The first-order chi connectivity index (χ1) is 10.1. The fraction of sp³-hybridized carbons (Fsp3) is 0.0625. The average molecular weight is 303 g/mol. The molecule has 0 spiro atoms. The number of hydrogen-bond donors (Lipinski definition) is 1. The van der Waals surface area contributed by atoms with Crippen LogP contribution in [-0.4, -0.2) is 11.1 Å². The lowest BCUT2D eigenvalue weighted by Crippen LogP contribution is -1.96. The second kappa shape index (κ2) is 5.50. The fourth-order valence-corrected chi connectivity index (χ4v) is 2.26. The Kier molecular flexibility index (Phi) is 3.54. The molecule has 5 heteroatoms. The van der Waals surface area contributed by atoms with Crippen LogP contribution in [0.5, 0.6) is 5.75 Å². The van der Waals surface area contributed by atoms with E-state index in [9.17, 15) is 4.79 Å². The van der Waals surface area contributed by atoms with Crippen LogP contribution in [0.1, 0.15) is 16.1 Å². The normalized spacial score (nSPS) is 10.7. The number of furan rings is 1. The van der Waals surface area contributed by atoms with E-state index in [-0.39, 0.29) is 12.2 Å². The van der Waals surface area contributed by atoms with Crippen LogP contribution < -0.4 is 4.74 Å². The summed E-state index contributed by atoms with van der Waals surface area (Å²) < 4.78 is 11.2. The molecule has 0 saturated heterocycles. The summed E-state index contributed by atoms with van der Waals surface area (Å²) >= 11 is 6.00. The van der Waals surface area contributed by atoms with Crippen molar-refractivity contribution in [3.05, 3.63) is 64.9 Å². The number of carbonyl (C=O) groups is 1. The van der Waals surface area contributed by atoms with Gasteiger partial charge in [-0.2, -0.15) is 0 Å². The van der Waals surface area contributed by atoms with Crippen LogP contribution in [0.2, 0.25) is 5.02 Å². The molecule has 106 valence electrons. The molecule has 1 aromatic heterocycles. The summed E-state index contributed by atoms with van der Waals surface area (Å²) in [7, 11) is 0. The third-order valence-electron chi connectivity index (χ3n) is 3.03. The van der Waals surface area contributed by atoms with E-state index in [4.69, 9.17) is 25.9 Å². The number of benzene rings is 2. The monoisotopic (exact) mass is 302 g/mol. The van der Waals surface area contributed by atoms with Crippen molar-refractivity contribution in [2.45, 2.75) is 6.61 Å². The van der Waals surface area contributed by atoms with Crippen molar-refractivity contribution in [1.29, 1.82) is 0 Å². The van der Waals surface area contributed by atoms with E-state index in [0.717, 1.165) is 5.39 Å². The van der Waals surface area contributed by atoms with E-state index < -0.39 is 5.97 Å². The zero-order valence-electron chi connectivity index (χ0n) is 10.9. The largest absolute Gasteiger partial charge is 0.484 e. The number of para-hydroxylation sites is 2. The van der Waals surface area contributed by atoms with Crippen molar-refractivity contribution < 1.29 is 19.1 Å². The molecule has 3 aromatic rings. The SMILES string of the molecule is O=C(O)c1cccc2cc(COc3ccccc3Cl)oc12. The Morgan fingerprint density at radius 2 is 2.00 bits per heavy atom. The third kappa shape index (κ3) is 2.71. The maximum atomic E-state index is 11.1. The molecule has 3 rings (SSSR count). The highest BCUT2D eigenvalue weighted by molar-refractivity contribution is 6.32. The van der Waals surface area contributed by atoms with Crippen LogP contribution >= 0.6 is 11.6 Å². The Balaban J connectivity index is 1.87. The molecule has 0 atom stereocenters. The van der Waals surface area contributed by atoms with Gasteiger partial charge in [-0.25, -0.2) is 4.79 Å². The number of hydrogen-bond acceptors (Lipinski definition) is 3. The Hall–Kier alpha value is -2.46. The molecular formula is C16H11ClO4. The van der Waals surface area contributed by atoms with Gasteiger partial charge in [-0.15, -0.1) is 0 Å². The number of rotatable bonds is 4. The van der Waals surface area contributed by atoms with E-state index in [2.05, 4.69) is 0 Å². The number of aromatic carboxylic acids is 1. The second-order valence-corrected chi connectivity index (χ2v) is 4.87. The van der Waals surface area contributed by atoms with Crippen molar-refractivity contribution >= 4 is 28.5 Å². The number of halogens is 1. The van der Waals surface area contributed by atoms with Gasteiger partial charge in [0, 0.05) is 5.39 Å². The van der Waals surface area contributed by atoms with Crippen LogP contribution in [0.4, 0.5) is 0 Å². The molecule has 0 fully saturated rings. The standard InChI is InChI=1S/C16H11ClO4/c17-13-6-1-2-7-14(13)20-9-11-8-10-4-3-5-12(16(18)19)15(10)21-11/h1-8H,9H2,(H,18,19). The average Bonchev–Trinajstić information content (AvgIpc) is 2.88. The molecular weight excluding hydrogens is 292 g/mol. The molecule has 0 aliphatic heterocycles. The molecule has 0 radical (unpaired) electrons. The smallest absolute Gasteiger partial charge is 0.339 e. The minimum absolute atomic E-state index is 0.136. The molecule has 0 aliphatic carbocycles. The maximum Gasteiger partial charge on any atom is 0.339 e. The highest BCUT2D eigenvalue weighted by Gasteiger charge is 2.13. The van der Waals surface area contributed by atoms with Gasteiger partial charge in [0.1, 0.15) is 29.3 Å². The van der Waals surface area contributed by atoms with E-state index in [1.165, 1.54) is 6.07 Å². The predicted octanol–water partition coefficient (Wildman–Crippen LogP) is 4.36. The maximum absolute atomic E-state index is 11.1. The van der Waals surface area contributed by atoms with Gasteiger partial charge >= 0.3 is 5.97 Å². The summed E-state index contributed by atoms with van der Waals surface area (Å²) in [5.74, 6) is 0.0743. The zero-order valence-corrected chi connectivity index (χ0v) is 11.6. The lowest BCUT2D eigenvalue weighted by atomic mass is 10.1. The molecule has 0 saturated carbocycles. The van der Waals surface area contributed by atoms with Crippen molar-refractivity contribution in [2.24, 2.45) is 0 Å². The predicted molar refractivity (Wildman–Crippen MR) is 79.0 cm³/mol. The highest BCUT2D eigenvalue weighted by Crippen LogP contribution is 2.27. The van der Waals surface area contributed by atoms with Crippen LogP contribution in [0.25, 0.3) is 11.0 Å². The Morgan fingerprint density at radius 3 is 2.76 bits per heavy atom. The van der Waals surface area contributed by atoms with Gasteiger partial charge in [0.15, 0.2) is 0 Å². The quantitative estimate of drug-likeness (QED) is 0.777. The van der Waals surface area contributed by atoms with Gasteiger partial charge < -0.3 is 14.3 Å². The molecule has 0 amide bonds. The Bertz CT molecular complexity index is 807. The number of ether oxygens (including phenoxy) is 1. The van der Waals surface area contributed by atoms with E-state index >= 15 is 0 Å². The number of fused-ring (bicyclic) bond motifs is 1. The summed E-state index contributed by atoms with van der Waals surface area (Å²) in [6.45, 7) is 0.178. The molecule has 4 nitrogen and oxygen atoms in total. The molecule has 1 N–H and O–H groups in total. The summed E-state index contributed by atoms with van der Waals surface area (Å²) in [6.07, 6.45) is 0. The van der Waals surface area contributed by atoms with Crippen LogP contribution in [0.3, 0.4) is 0 Å². The summed E-state index contributed by atoms with van der Waals surface area (Å²) in [5, 5.41) is 10.4. The van der Waals surface area contributed by atoms with Crippen LogP contribution in [0, 0.1) is 0 Å². The van der Waals surface area contributed by atoms with Gasteiger partial charge in [0.05, 0.1) is 5.02 Å². The van der Waals surface area contributed by atoms with Crippen LogP contribution in [0.15, 0.2) is 52.9 Å². The van der Waals surface area contributed by atoms with E-state index in [0.29, 0.717) is 22.1 Å². The Morgan fingerprint density at radius 1 is 1.19 bits per heavy atom. The van der Waals surface area contributed by atoms with E-state index in [1.54, 1.807) is 30.3 Å². The minimum atomic E-state index is -1.02. The first kappa shape index (κ1) is 13.5. The number of carboxylic acids is 1.